The van der Waals surface area contributed by atoms with Crippen LogP contribution in [0, 0.1) is 0 Å². The Balaban J connectivity index is 1.25. The summed E-state index contributed by atoms with van der Waals surface area (Å²) in [4.78, 5) is 13.3. The minimum atomic E-state index is -0.444. The Bertz CT molecular complexity index is 1320. The van der Waals surface area contributed by atoms with Gasteiger partial charge in [0.05, 0.1) is 24.2 Å². The van der Waals surface area contributed by atoms with Crippen molar-refractivity contribution in [3.8, 4) is 5.75 Å². The topological polar surface area (TPSA) is 101 Å². The van der Waals surface area contributed by atoms with Gasteiger partial charge in [0.25, 0.3) is 0 Å². The van der Waals surface area contributed by atoms with Gasteiger partial charge in [-0.15, -0.1) is 5.10 Å². The van der Waals surface area contributed by atoms with Gasteiger partial charge in [-0.05, 0) is 24.3 Å². The van der Waals surface area contributed by atoms with Crippen molar-refractivity contribution >= 4 is 22.0 Å². The van der Waals surface area contributed by atoms with Crippen molar-refractivity contribution in [3.63, 3.8) is 0 Å². The van der Waals surface area contributed by atoms with E-state index in [9.17, 15) is 4.79 Å². The van der Waals surface area contributed by atoms with Crippen LogP contribution in [0.25, 0.3) is 22.0 Å². The molecule has 0 bridgehead atoms. The van der Waals surface area contributed by atoms with Gasteiger partial charge >= 0.3 is 5.63 Å². The minimum absolute atomic E-state index is 0.333. The maximum Gasteiger partial charge on any atom is 0.339 e. The number of benzene rings is 2. The standard InChI is InChI=1S/C20H16N6O3/c27-20-11-19(15-5-1-4-8-18(15)29-20)28-10-9-25-12-14(21-24-25)13-26-22-16-6-2-3-7-17(16)23-26/h1-8,11-12H,9-10,13H2. The zero-order valence-corrected chi connectivity index (χ0v) is 15.3. The Morgan fingerprint density at radius 3 is 2.59 bits per heavy atom. The van der Waals surface area contributed by atoms with Gasteiger partial charge in [-0.3, -0.25) is 0 Å². The monoisotopic (exact) mass is 388 g/mol. The first-order valence-corrected chi connectivity index (χ1v) is 9.09. The molecular formula is C20H16N6O3. The fourth-order valence-electron chi connectivity index (χ4n) is 3.09. The van der Waals surface area contributed by atoms with Gasteiger partial charge < -0.3 is 9.15 Å². The van der Waals surface area contributed by atoms with Crippen LogP contribution in [-0.4, -0.2) is 36.6 Å². The minimum Gasteiger partial charge on any atom is -0.491 e. The van der Waals surface area contributed by atoms with Crippen LogP contribution in [0.4, 0.5) is 0 Å². The highest BCUT2D eigenvalue weighted by atomic mass is 16.5. The van der Waals surface area contributed by atoms with E-state index in [0.29, 0.717) is 31.0 Å². The van der Waals surface area contributed by atoms with E-state index < -0.39 is 5.63 Å². The van der Waals surface area contributed by atoms with E-state index in [1.165, 1.54) is 6.07 Å². The van der Waals surface area contributed by atoms with Crippen molar-refractivity contribution in [3.05, 3.63) is 76.9 Å². The molecule has 0 aliphatic heterocycles. The zero-order valence-electron chi connectivity index (χ0n) is 15.3. The van der Waals surface area contributed by atoms with Gasteiger partial charge in [0.15, 0.2) is 0 Å². The summed E-state index contributed by atoms with van der Waals surface area (Å²) in [7, 11) is 0. The number of ether oxygens (including phenoxy) is 1. The molecule has 5 rings (SSSR count). The third-order valence-corrected chi connectivity index (χ3v) is 4.41. The lowest BCUT2D eigenvalue weighted by Crippen LogP contribution is -2.10. The Morgan fingerprint density at radius 2 is 1.76 bits per heavy atom. The van der Waals surface area contributed by atoms with Crippen molar-refractivity contribution in [2.75, 3.05) is 6.61 Å². The smallest absolute Gasteiger partial charge is 0.339 e. The molecule has 0 unspecified atom stereocenters. The Hall–Kier alpha value is -4.01. The molecule has 144 valence electrons. The number of fused-ring (bicyclic) bond motifs is 2. The molecule has 0 atom stereocenters. The summed E-state index contributed by atoms with van der Waals surface area (Å²) >= 11 is 0. The summed E-state index contributed by atoms with van der Waals surface area (Å²) in [5, 5.41) is 17.9. The van der Waals surface area contributed by atoms with Crippen LogP contribution in [0.2, 0.25) is 0 Å². The Kier molecular flexibility index (Phi) is 4.24. The van der Waals surface area contributed by atoms with E-state index in [2.05, 4.69) is 20.5 Å². The van der Waals surface area contributed by atoms with E-state index in [1.807, 2.05) is 48.7 Å². The molecule has 5 aromatic rings. The van der Waals surface area contributed by atoms with Crippen molar-refractivity contribution in [2.24, 2.45) is 0 Å². The summed E-state index contributed by atoms with van der Waals surface area (Å²) < 4.78 is 12.7. The van der Waals surface area contributed by atoms with Gasteiger partial charge in [-0.25, -0.2) is 9.48 Å². The Labute approximate surface area is 164 Å². The molecule has 0 aliphatic rings. The molecule has 0 spiro atoms. The van der Waals surface area contributed by atoms with E-state index in [0.717, 1.165) is 22.1 Å². The van der Waals surface area contributed by atoms with Crippen LogP contribution in [0.3, 0.4) is 0 Å². The number of hydrogen-bond donors (Lipinski definition) is 0. The van der Waals surface area contributed by atoms with Crippen LogP contribution in [0.1, 0.15) is 5.69 Å². The fraction of sp³-hybridized carbons (Fsp3) is 0.150. The molecule has 9 heteroatoms. The predicted molar refractivity (Wildman–Crippen MR) is 105 cm³/mol. The van der Waals surface area contributed by atoms with Crippen molar-refractivity contribution in [1.29, 1.82) is 0 Å². The molecule has 3 aromatic heterocycles. The molecule has 0 radical (unpaired) electrons. The second-order valence-electron chi connectivity index (χ2n) is 6.47. The van der Waals surface area contributed by atoms with E-state index in [-0.39, 0.29) is 0 Å². The molecule has 29 heavy (non-hydrogen) atoms. The van der Waals surface area contributed by atoms with Crippen LogP contribution in [-0.2, 0) is 13.1 Å². The summed E-state index contributed by atoms with van der Waals surface area (Å²) in [6.07, 6.45) is 1.83. The molecular weight excluding hydrogens is 372 g/mol. The van der Waals surface area contributed by atoms with Crippen LogP contribution < -0.4 is 10.4 Å². The SMILES string of the molecule is O=c1cc(OCCn2cc(Cn3nc4ccccc4n3)nn2)c2ccccc2o1. The van der Waals surface area contributed by atoms with Gasteiger partial charge in [-0.1, -0.05) is 29.5 Å². The normalized spacial score (nSPS) is 11.3. The lowest BCUT2D eigenvalue weighted by molar-refractivity contribution is 0.291. The molecule has 0 N–H and O–H groups in total. The van der Waals surface area contributed by atoms with Gasteiger partial charge in [0.2, 0.25) is 0 Å². The molecule has 0 saturated heterocycles. The second kappa shape index (κ2) is 7.19. The number of hydrogen-bond acceptors (Lipinski definition) is 7. The van der Waals surface area contributed by atoms with E-state index in [1.54, 1.807) is 15.5 Å². The quantitative estimate of drug-likeness (QED) is 0.411. The van der Waals surface area contributed by atoms with E-state index in [4.69, 9.17) is 9.15 Å². The Morgan fingerprint density at radius 1 is 1.00 bits per heavy atom. The number of para-hydroxylation sites is 1. The third kappa shape index (κ3) is 3.57. The molecule has 3 heterocycles. The highest BCUT2D eigenvalue weighted by Crippen LogP contribution is 2.23. The summed E-state index contributed by atoms with van der Waals surface area (Å²) in [6.45, 7) is 1.25. The molecule has 9 nitrogen and oxygen atoms in total. The second-order valence-corrected chi connectivity index (χ2v) is 6.47. The van der Waals surface area contributed by atoms with Crippen LogP contribution in [0.15, 0.2) is 70.0 Å². The van der Waals surface area contributed by atoms with Crippen LogP contribution >= 0.6 is 0 Å². The number of aromatic nitrogens is 6. The average Bonchev–Trinajstić information content (AvgIpc) is 3.34. The van der Waals surface area contributed by atoms with Crippen molar-refractivity contribution in [2.45, 2.75) is 13.1 Å². The lowest BCUT2D eigenvalue weighted by Gasteiger charge is -2.07. The summed E-state index contributed by atoms with van der Waals surface area (Å²) in [5.41, 5.74) is 2.48. The maximum atomic E-state index is 11.7. The van der Waals surface area contributed by atoms with Crippen molar-refractivity contribution in [1.82, 2.24) is 30.0 Å². The van der Waals surface area contributed by atoms with Gasteiger partial charge in [0.1, 0.15) is 41.2 Å². The van der Waals surface area contributed by atoms with Gasteiger partial charge in [0, 0.05) is 0 Å². The summed E-state index contributed by atoms with van der Waals surface area (Å²) in [6, 6.07) is 16.3. The van der Waals surface area contributed by atoms with E-state index >= 15 is 0 Å². The van der Waals surface area contributed by atoms with Crippen molar-refractivity contribution < 1.29 is 9.15 Å². The van der Waals surface area contributed by atoms with Crippen LogP contribution in [0.5, 0.6) is 5.75 Å². The lowest BCUT2D eigenvalue weighted by atomic mass is 10.2. The first-order chi connectivity index (χ1) is 14.2. The highest BCUT2D eigenvalue weighted by Gasteiger charge is 2.08. The maximum absolute atomic E-state index is 11.7. The molecule has 0 saturated carbocycles. The molecule has 2 aromatic carbocycles. The first kappa shape index (κ1) is 17.1. The largest absolute Gasteiger partial charge is 0.491 e. The average molecular weight is 388 g/mol. The number of nitrogens with zero attached hydrogens (tertiary/aromatic N) is 6. The third-order valence-electron chi connectivity index (χ3n) is 4.41. The zero-order chi connectivity index (χ0) is 19.6. The summed E-state index contributed by atoms with van der Waals surface area (Å²) in [5.74, 6) is 0.490. The fourth-order valence-corrected chi connectivity index (χ4v) is 3.09. The predicted octanol–water partition coefficient (Wildman–Crippen LogP) is 2.26. The first-order valence-electron chi connectivity index (χ1n) is 9.09. The number of rotatable bonds is 6. The highest BCUT2D eigenvalue weighted by molar-refractivity contribution is 5.82. The molecule has 0 amide bonds. The van der Waals surface area contributed by atoms with Gasteiger partial charge in [-0.2, -0.15) is 15.0 Å². The molecule has 0 fully saturated rings. The molecule has 0 aliphatic carbocycles.